The van der Waals surface area contributed by atoms with Crippen LogP contribution in [-0.4, -0.2) is 36.5 Å². The lowest BCUT2D eigenvalue weighted by Crippen LogP contribution is -2.43. The molecule has 0 unspecified atom stereocenters. The second-order valence-corrected chi connectivity index (χ2v) is 5.60. The summed E-state index contributed by atoms with van der Waals surface area (Å²) in [5.74, 6) is -0.809. The molecule has 2 N–H and O–H groups in total. The summed E-state index contributed by atoms with van der Waals surface area (Å²) in [6.45, 7) is 1.83. The fourth-order valence-electron chi connectivity index (χ4n) is 2.41. The van der Waals surface area contributed by atoms with Crippen LogP contribution in [0.1, 0.15) is 12.5 Å². The lowest BCUT2D eigenvalue weighted by molar-refractivity contribution is -0.144. The fourth-order valence-corrected chi connectivity index (χ4v) is 2.41. The SMILES string of the molecule is CO[C@H](C)C(=O)N(CC(N)=O)Cc1ccc(-c2ccccc2)cc1. The number of nitrogens with two attached hydrogens (primary N) is 1. The van der Waals surface area contributed by atoms with Gasteiger partial charge in [-0.25, -0.2) is 0 Å². The summed E-state index contributed by atoms with van der Waals surface area (Å²) in [4.78, 5) is 24.9. The van der Waals surface area contributed by atoms with E-state index in [0.29, 0.717) is 6.54 Å². The van der Waals surface area contributed by atoms with E-state index >= 15 is 0 Å². The Morgan fingerprint density at radius 2 is 1.62 bits per heavy atom. The van der Waals surface area contributed by atoms with Gasteiger partial charge in [0.2, 0.25) is 5.91 Å². The summed E-state index contributed by atoms with van der Waals surface area (Å²) in [7, 11) is 1.46. The Balaban J connectivity index is 2.14. The number of carbonyl (C=O) groups excluding carboxylic acids is 2. The van der Waals surface area contributed by atoms with E-state index in [1.54, 1.807) is 6.92 Å². The maximum atomic E-state index is 12.3. The molecule has 2 amide bonds. The second-order valence-electron chi connectivity index (χ2n) is 5.60. The molecule has 126 valence electrons. The molecule has 0 aliphatic carbocycles. The maximum absolute atomic E-state index is 12.3. The molecule has 5 heteroatoms. The minimum Gasteiger partial charge on any atom is -0.372 e. The highest BCUT2D eigenvalue weighted by molar-refractivity contribution is 5.86. The number of methoxy groups -OCH3 is 1. The Hall–Kier alpha value is -2.66. The molecular weight excluding hydrogens is 304 g/mol. The monoisotopic (exact) mass is 326 g/mol. The molecule has 0 spiro atoms. The van der Waals surface area contributed by atoms with Gasteiger partial charge in [-0.05, 0) is 23.6 Å². The van der Waals surface area contributed by atoms with Crippen molar-refractivity contribution in [1.82, 2.24) is 4.90 Å². The van der Waals surface area contributed by atoms with Crippen molar-refractivity contribution in [3.63, 3.8) is 0 Å². The van der Waals surface area contributed by atoms with Crippen molar-refractivity contribution in [2.24, 2.45) is 5.73 Å². The molecule has 0 aromatic heterocycles. The Morgan fingerprint density at radius 1 is 1.04 bits per heavy atom. The van der Waals surface area contributed by atoms with Crippen LogP contribution in [0.4, 0.5) is 0 Å². The van der Waals surface area contributed by atoms with Crippen LogP contribution in [-0.2, 0) is 20.9 Å². The zero-order valence-electron chi connectivity index (χ0n) is 13.9. The molecule has 0 saturated carbocycles. The highest BCUT2D eigenvalue weighted by Crippen LogP contribution is 2.20. The highest BCUT2D eigenvalue weighted by atomic mass is 16.5. The summed E-state index contributed by atoms with van der Waals surface area (Å²) in [6, 6.07) is 17.9. The van der Waals surface area contributed by atoms with E-state index in [-0.39, 0.29) is 12.5 Å². The van der Waals surface area contributed by atoms with E-state index in [1.807, 2.05) is 54.6 Å². The number of rotatable bonds is 7. The quantitative estimate of drug-likeness (QED) is 0.848. The minimum atomic E-state index is -0.618. The Morgan fingerprint density at radius 3 is 2.17 bits per heavy atom. The molecule has 0 aliphatic rings. The third-order valence-corrected chi connectivity index (χ3v) is 3.79. The Kier molecular flexibility index (Phi) is 6.09. The van der Waals surface area contributed by atoms with Crippen molar-refractivity contribution in [1.29, 1.82) is 0 Å². The molecule has 5 nitrogen and oxygen atoms in total. The number of hydrogen-bond donors (Lipinski definition) is 1. The first kappa shape index (κ1) is 17.7. The first-order chi connectivity index (χ1) is 11.5. The summed E-state index contributed by atoms with van der Waals surface area (Å²) in [5, 5.41) is 0. The van der Waals surface area contributed by atoms with Gasteiger partial charge in [0, 0.05) is 13.7 Å². The van der Waals surface area contributed by atoms with E-state index in [9.17, 15) is 9.59 Å². The molecule has 24 heavy (non-hydrogen) atoms. The van der Waals surface area contributed by atoms with Gasteiger partial charge in [-0.15, -0.1) is 0 Å². The molecule has 2 aromatic rings. The van der Waals surface area contributed by atoms with Crippen molar-refractivity contribution < 1.29 is 14.3 Å². The zero-order chi connectivity index (χ0) is 17.5. The zero-order valence-corrected chi connectivity index (χ0v) is 13.9. The van der Waals surface area contributed by atoms with E-state index in [0.717, 1.165) is 16.7 Å². The highest BCUT2D eigenvalue weighted by Gasteiger charge is 2.21. The molecule has 2 aromatic carbocycles. The summed E-state index contributed by atoms with van der Waals surface area (Å²) in [5.41, 5.74) is 8.40. The predicted molar refractivity (Wildman–Crippen MR) is 93.0 cm³/mol. The number of amides is 2. The molecule has 1 atom stereocenters. The van der Waals surface area contributed by atoms with Gasteiger partial charge in [-0.1, -0.05) is 54.6 Å². The molecule has 2 rings (SSSR count). The van der Waals surface area contributed by atoms with E-state index in [4.69, 9.17) is 10.5 Å². The second kappa shape index (κ2) is 8.26. The Labute approximate surface area is 142 Å². The van der Waals surface area contributed by atoms with Crippen LogP contribution in [0.25, 0.3) is 11.1 Å². The summed E-state index contributed by atoms with van der Waals surface area (Å²) >= 11 is 0. The number of primary amides is 1. The van der Waals surface area contributed by atoms with Gasteiger partial charge in [-0.3, -0.25) is 9.59 Å². The lowest BCUT2D eigenvalue weighted by atomic mass is 10.0. The first-order valence-electron chi connectivity index (χ1n) is 7.75. The van der Waals surface area contributed by atoms with E-state index < -0.39 is 12.0 Å². The van der Waals surface area contributed by atoms with Crippen LogP contribution in [0.3, 0.4) is 0 Å². The van der Waals surface area contributed by atoms with E-state index in [1.165, 1.54) is 12.0 Å². The number of ether oxygens (including phenoxy) is 1. The molecule has 0 radical (unpaired) electrons. The number of carbonyl (C=O) groups is 2. The molecule has 0 bridgehead atoms. The smallest absolute Gasteiger partial charge is 0.252 e. The van der Waals surface area contributed by atoms with Crippen LogP contribution < -0.4 is 5.73 Å². The average molecular weight is 326 g/mol. The van der Waals surface area contributed by atoms with Gasteiger partial charge in [0.15, 0.2) is 0 Å². The standard InChI is InChI=1S/C19H22N2O3/c1-14(24-2)19(23)21(13-18(20)22)12-15-8-10-17(11-9-15)16-6-4-3-5-7-16/h3-11,14H,12-13H2,1-2H3,(H2,20,22)/t14-/m1/s1. The van der Waals surface area contributed by atoms with Crippen LogP contribution in [0.15, 0.2) is 54.6 Å². The molecule has 0 heterocycles. The van der Waals surface area contributed by atoms with Gasteiger partial charge in [0.1, 0.15) is 6.10 Å². The van der Waals surface area contributed by atoms with Gasteiger partial charge in [0.25, 0.3) is 5.91 Å². The minimum absolute atomic E-state index is 0.132. The van der Waals surface area contributed by atoms with Crippen molar-refractivity contribution >= 4 is 11.8 Å². The normalized spacial score (nSPS) is 11.8. The summed E-state index contributed by atoms with van der Waals surface area (Å²) < 4.78 is 5.05. The molecule has 0 saturated heterocycles. The van der Waals surface area contributed by atoms with E-state index in [2.05, 4.69) is 0 Å². The number of benzene rings is 2. The van der Waals surface area contributed by atoms with Gasteiger partial charge in [0.05, 0.1) is 6.54 Å². The third-order valence-electron chi connectivity index (χ3n) is 3.79. The number of nitrogens with zero attached hydrogens (tertiary/aromatic N) is 1. The lowest BCUT2D eigenvalue weighted by Gasteiger charge is -2.24. The average Bonchev–Trinajstić information content (AvgIpc) is 2.61. The van der Waals surface area contributed by atoms with Crippen molar-refractivity contribution in [3.05, 3.63) is 60.2 Å². The van der Waals surface area contributed by atoms with Gasteiger partial charge in [-0.2, -0.15) is 0 Å². The Bertz CT molecular complexity index is 684. The third kappa shape index (κ3) is 4.67. The topological polar surface area (TPSA) is 72.6 Å². The van der Waals surface area contributed by atoms with Crippen molar-refractivity contribution in [2.45, 2.75) is 19.6 Å². The van der Waals surface area contributed by atoms with Crippen molar-refractivity contribution in [2.75, 3.05) is 13.7 Å². The molecule has 0 fully saturated rings. The largest absolute Gasteiger partial charge is 0.372 e. The summed E-state index contributed by atoms with van der Waals surface area (Å²) in [6.07, 6.45) is -0.618. The molecular formula is C19H22N2O3. The molecule has 0 aliphatic heterocycles. The van der Waals surface area contributed by atoms with Crippen LogP contribution in [0.5, 0.6) is 0 Å². The fraction of sp³-hybridized carbons (Fsp3) is 0.263. The number of hydrogen-bond acceptors (Lipinski definition) is 3. The van der Waals surface area contributed by atoms with Gasteiger partial charge < -0.3 is 15.4 Å². The van der Waals surface area contributed by atoms with Gasteiger partial charge >= 0.3 is 0 Å². The first-order valence-corrected chi connectivity index (χ1v) is 7.75. The van der Waals surface area contributed by atoms with Crippen LogP contribution >= 0.6 is 0 Å². The van der Waals surface area contributed by atoms with Crippen LogP contribution in [0, 0.1) is 0 Å². The van der Waals surface area contributed by atoms with Crippen LogP contribution in [0.2, 0.25) is 0 Å². The predicted octanol–water partition coefficient (Wildman–Crippen LogP) is 2.20. The maximum Gasteiger partial charge on any atom is 0.252 e. The van der Waals surface area contributed by atoms with Crippen molar-refractivity contribution in [3.8, 4) is 11.1 Å².